The second-order valence-electron chi connectivity index (χ2n) is 5.77. The number of amides is 1. The van der Waals surface area contributed by atoms with Gasteiger partial charge in [-0.05, 0) is 37.5 Å². The normalized spacial score (nSPS) is 16.9. The van der Waals surface area contributed by atoms with Crippen molar-refractivity contribution in [3.8, 4) is 5.75 Å². The van der Waals surface area contributed by atoms with Crippen molar-refractivity contribution in [2.75, 3.05) is 19.8 Å². The van der Waals surface area contributed by atoms with E-state index in [0.29, 0.717) is 24.5 Å². The summed E-state index contributed by atoms with van der Waals surface area (Å²) in [6.07, 6.45) is 5.32. The van der Waals surface area contributed by atoms with Gasteiger partial charge in [-0.3, -0.25) is 9.89 Å². The van der Waals surface area contributed by atoms with E-state index in [2.05, 4.69) is 20.5 Å². The molecule has 0 saturated carbocycles. The summed E-state index contributed by atoms with van der Waals surface area (Å²) >= 11 is 0. The van der Waals surface area contributed by atoms with Gasteiger partial charge in [-0.2, -0.15) is 5.10 Å². The monoisotopic (exact) mass is 330 g/mol. The Bertz CT molecular complexity index is 639. The molecule has 1 aromatic carbocycles. The second-order valence-corrected chi connectivity index (χ2v) is 5.77. The zero-order chi connectivity index (χ0) is 16.6. The molecule has 2 N–H and O–H groups in total. The van der Waals surface area contributed by atoms with E-state index in [1.807, 2.05) is 12.1 Å². The van der Waals surface area contributed by atoms with Crippen LogP contribution in [0.5, 0.6) is 5.75 Å². The fourth-order valence-electron chi connectivity index (χ4n) is 2.60. The van der Waals surface area contributed by atoms with Crippen molar-refractivity contribution in [2.24, 2.45) is 0 Å². The molecule has 1 fully saturated rings. The lowest BCUT2D eigenvalue weighted by Gasteiger charge is -2.12. The van der Waals surface area contributed by atoms with Gasteiger partial charge in [-0.1, -0.05) is 6.07 Å². The molecule has 128 valence electrons. The maximum atomic E-state index is 12.2. The topological polar surface area (TPSA) is 89.1 Å². The number of benzene rings is 1. The average Bonchev–Trinajstić information content (AvgIpc) is 3.30. The predicted octanol–water partition coefficient (Wildman–Crippen LogP) is 1.73. The summed E-state index contributed by atoms with van der Waals surface area (Å²) in [5, 5.41) is 9.50. The molecule has 2 heterocycles. The standard InChI is InChI=1S/C17H22N4O3/c22-17(18-8-2-7-16-19-12-20-21-16)13-4-1-5-14(10-13)24-11-15-6-3-9-23-15/h1,4-5,10,12,15H,2-3,6-9,11H2,(H,18,22)(H,19,20,21)/t15-/m1/s1. The molecule has 0 unspecified atom stereocenters. The number of nitrogens with zero attached hydrogens (tertiary/aromatic N) is 2. The summed E-state index contributed by atoms with van der Waals surface area (Å²) in [4.78, 5) is 16.2. The molecule has 7 nitrogen and oxygen atoms in total. The molecule has 7 heteroatoms. The van der Waals surface area contributed by atoms with Crippen molar-refractivity contribution in [1.82, 2.24) is 20.5 Å². The number of aryl methyl sites for hydroxylation is 1. The van der Waals surface area contributed by atoms with Crippen molar-refractivity contribution >= 4 is 5.91 Å². The van der Waals surface area contributed by atoms with E-state index < -0.39 is 0 Å². The number of hydrogen-bond donors (Lipinski definition) is 2. The summed E-state index contributed by atoms with van der Waals surface area (Å²) in [6.45, 7) is 1.92. The Morgan fingerprint density at radius 2 is 2.42 bits per heavy atom. The molecule has 0 radical (unpaired) electrons. The van der Waals surface area contributed by atoms with Crippen LogP contribution < -0.4 is 10.1 Å². The van der Waals surface area contributed by atoms with E-state index in [0.717, 1.165) is 38.1 Å². The second kappa shape index (κ2) is 8.44. The molecule has 1 amide bonds. The first-order chi connectivity index (χ1) is 11.8. The van der Waals surface area contributed by atoms with Gasteiger partial charge in [0.15, 0.2) is 0 Å². The molecule has 0 aliphatic carbocycles. The summed E-state index contributed by atoms with van der Waals surface area (Å²) < 4.78 is 11.3. The van der Waals surface area contributed by atoms with Crippen LogP contribution in [-0.2, 0) is 11.2 Å². The third-order valence-electron chi connectivity index (χ3n) is 3.90. The zero-order valence-corrected chi connectivity index (χ0v) is 13.5. The highest BCUT2D eigenvalue weighted by atomic mass is 16.5. The first-order valence-electron chi connectivity index (χ1n) is 8.28. The molecule has 1 aliphatic heterocycles. The third-order valence-corrected chi connectivity index (χ3v) is 3.90. The van der Waals surface area contributed by atoms with Crippen molar-refractivity contribution in [1.29, 1.82) is 0 Å². The molecule has 24 heavy (non-hydrogen) atoms. The van der Waals surface area contributed by atoms with Crippen LogP contribution in [-0.4, -0.2) is 47.0 Å². The highest BCUT2D eigenvalue weighted by Gasteiger charge is 2.16. The predicted molar refractivity (Wildman–Crippen MR) is 87.9 cm³/mol. The molecule has 2 aromatic rings. The van der Waals surface area contributed by atoms with Gasteiger partial charge in [0.25, 0.3) is 5.91 Å². The number of H-pyrrole nitrogens is 1. The quantitative estimate of drug-likeness (QED) is 0.720. The minimum Gasteiger partial charge on any atom is -0.491 e. The van der Waals surface area contributed by atoms with Gasteiger partial charge in [-0.15, -0.1) is 0 Å². The number of aromatic nitrogens is 3. The molecule has 1 atom stereocenters. The average molecular weight is 330 g/mol. The van der Waals surface area contributed by atoms with Crippen molar-refractivity contribution < 1.29 is 14.3 Å². The number of carbonyl (C=O) groups is 1. The van der Waals surface area contributed by atoms with E-state index in [9.17, 15) is 4.79 Å². The minimum absolute atomic E-state index is 0.102. The molecule has 3 rings (SSSR count). The van der Waals surface area contributed by atoms with Crippen LogP contribution in [0.25, 0.3) is 0 Å². The summed E-state index contributed by atoms with van der Waals surface area (Å²) in [5.41, 5.74) is 0.597. The molecule has 1 saturated heterocycles. The van der Waals surface area contributed by atoms with Gasteiger partial charge in [0, 0.05) is 25.1 Å². The van der Waals surface area contributed by atoms with Crippen LogP contribution in [0.15, 0.2) is 30.6 Å². The Hall–Kier alpha value is -2.41. The number of nitrogens with one attached hydrogen (secondary N) is 2. The Morgan fingerprint density at radius 3 is 3.21 bits per heavy atom. The molecular weight excluding hydrogens is 308 g/mol. The van der Waals surface area contributed by atoms with E-state index in [1.54, 1.807) is 12.1 Å². The van der Waals surface area contributed by atoms with Crippen molar-refractivity contribution in [3.05, 3.63) is 42.0 Å². The van der Waals surface area contributed by atoms with Crippen LogP contribution in [0, 0.1) is 0 Å². The first-order valence-corrected chi connectivity index (χ1v) is 8.28. The minimum atomic E-state index is -0.102. The lowest BCUT2D eigenvalue weighted by atomic mass is 10.2. The largest absolute Gasteiger partial charge is 0.491 e. The third kappa shape index (κ3) is 4.79. The fraction of sp³-hybridized carbons (Fsp3) is 0.471. The summed E-state index contributed by atoms with van der Waals surface area (Å²) in [7, 11) is 0. The zero-order valence-electron chi connectivity index (χ0n) is 13.5. The first kappa shape index (κ1) is 16.4. The van der Waals surface area contributed by atoms with E-state index in [1.165, 1.54) is 6.33 Å². The Balaban J connectivity index is 1.42. The van der Waals surface area contributed by atoms with Crippen molar-refractivity contribution in [2.45, 2.75) is 31.8 Å². The maximum Gasteiger partial charge on any atom is 0.251 e. The lowest BCUT2D eigenvalue weighted by Crippen LogP contribution is -2.25. The van der Waals surface area contributed by atoms with Gasteiger partial charge in [0.2, 0.25) is 0 Å². The van der Waals surface area contributed by atoms with Crippen molar-refractivity contribution in [3.63, 3.8) is 0 Å². The maximum absolute atomic E-state index is 12.2. The molecular formula is C17H22N4O3. The van der Waals surface area contributed by atoms with Crippen LogP contribution in [0.1, 0.15) is 35.4 Å². The number of hydrogen-bond acceptors (Lipinski definition) is 5. The summed E-state index contributed by atoms with van der Waals surface area (Å²) in [6, 6.07) is 7.23. The van der Waals surface area contributed by atoms with Gasteiger partial charge in [-0.25, -0.2) is 4.98 Å². The number of aromatic amines is 1. The number of ether oxygens (including phenoxy) is 2. The SMILES string of the molecule is O=C(NCCCc1ncn[nH]1)c1cccc(OC[C@H]2CCCO2)c1. The smallest absolute Gasteiger partial charge is 0.251 e. The number of carbonyl (C=O) groups excluding carboxylic acids is 1. The van der Waals surface area contributed by atoms with E-state index >= 15 is 0 Å². The lowest BCUT2D eigenvalue weighted by molar-refractivity contribution is 0.0679. The van der Waals surface area contributed by atoms with Crippen LogP contribution >= 0.6 is 0 Å². The Labute approximate surface area is 140 Å². The Morgan fingerprint density at radius 1 is 1.46 bits per heavy atom. The van der Waals surface area contributed by atoms with E-state index in [4.69, 9.17) is 9.47 Å². The van der Waals surface area contributed by atoms with Crippen LogP contribution in [0.2, 0.25) is 0 Å². The van der Waals surface area contributed by atoms with E-state index in [-0.39, 0.29) is 12.0 Å². The Kier molecular flexibility index (Phi) is 5.79. The van der Waals surface area contributed by atoms with Gasteiger partial charge in [0.05, 0.1) is 6.10 Å². The molecule has 0 spiro atoms. The van der Waals surface area contributed by atoms with Crippen LogP contribution in [0.4, 0.5) is 0 Å². The highest BCUT2D eigenvalue weighted by molar-refractivity contribution is 5.94. The van der Waals surface area contributed by atoms with Gasteiger partial charge < -0.3 is 14.8 Å². The van der Waals surface area contributed by atoms with Crippen LogP contribution in [0.3, 0.4) is 0 Å². The fourth-order valence-corrected chi connectivity index (χ4v) is 2.60. The molecule has 1 aromatic heterocycles. The highest BCUT2D eigenvalue weighted by Crippen LogP contribution is 2.17. The summed E-state index contributed by atoms with van der Waals surface area (Å²) in [5.74, 6) is 1.42. The van der Waals surface area contributed by atoms with Gasteiger partial charge >= 0.3 is 0 Å². The molecule has 1 aliphatic rings. The number of rotatable bonds is 8. The molecule has 0 bridgehead atoms. The van der Waals surface area contributed by atoms with Gasteiger partial charge in [0.1, 0.15) is 24.5 Å².